The molecule has 216 valence electrons. The van der Waals surface area contributed by atoms with Crippen molar-refractivity contribution < 1.29 is 32.2 Å². The Labute approximate surface area is 238 Å². The number of benzene rings is 2. The average molecular weight is 582 g/mol. The standard InChI is InChI=1S/C28H31N5O7S/c1-7-31-41(35,36)24-15-29-23-12-17(22-14-30-28(39-6)33-26(22)37-4)8-9-21(23)25(24)32-19-10-18(27(34)38-5)11-20(13-19)40-16(2)3/h8-16,31H,7H2,1-6H3,(H,29,32). The van der Waals surface area contributed by atoms with Crippen LogP contribution in [0.1, 0.15) is 31.1 Å². The number of methoxy groups -OCH3 is 3. The third kappa shape index (κ3) is 6.47. The van der Waals surface area contributed by atoms with Crippen LogP contribution in [-0.2, 0) is 14.8 Å². The highest BCUT2D eigenvalue weighted by Crippen LogP contribution is 2.37. The van der Waals surface area contributed by atoms with E-state index >= 15 is 0 Å². The second kappa shape index (κ2) is 12.4. The predicted molar refractivity (Wildman–Crippen MR) is 154 cm³/mol. The Morgan fingerprint density at radius 3 is 2.44 bits per heavy atom. The summed E-state index contributed by atoms with van der Waals surface area (Å²) in [5, 5.41) is 3.71. The number of sulfonamides is 1. The van der Waals surface area contributed by atoms with Gasteiger partial charge in [0.15, 0.2) is 0 Å². The number of nitrogens with zero attached hydrogens (tertiary/aromatic N) is 3. The molecule has 4 rings (SSSR count). The zero-order valence-corrected chi connectivity index (χ0v) is 24.3. The number of esters is 1. The molecule has 2 aromatic heterocycles. The van der Waals surface area contributed by atoms with Crippen LogP contribution >= 0.6 is 0 Å². The molecule has 0 bridgehead atoms. The molecule has 2 aromatic carbocycles. The number of fused-ring (bicyclic) bond motifs is 1. The predicted octanol–water partition coefficient (Wildman–Crippen LogP) is 4.32. The Morgan fingerprint density at radius 2 is 1.78 bits per heavy atom. The van der Waals surface area contributed by atoms with E-state index in [-0.39, 0.29) is 34.8 Å². The first kappa shape index (κ1) is 29.5. The van der Waals surface area contributed by atoms with Crippen molar-refractivity contribution >= 4 is 38.3 Å². The molecule has 0 aliphatic heterocycles. The summed E-state index contributed by atoms with van der Waals surface area (Å²) >= 11 is 0. The van der Waals surface area contributed by atoms with Gasteiger partial charge in [0.05, 0.1) is 49.8 Å². The van der Waals surface area contributed by atoms with Gasteiger partial charge in [-0.3, -0.25) is 4.98 Å². The Bertz CT molecular complexity index is 1690. The molecule has 0 amide bonds. The van der Waals surface area contributed by atoms with Crippen molar-refractivity contribution in [2.75, 3.05) is 33.2 Å². The van der Waals surface area contributed by atoms with Gasteiger partial charge in [-0.2, -0.15) is 4.98 Å². The van der Waals surface area contributed by atoms with Crippen LogP contribution in [0.5, 0.6) is 17.6 Å². The fourth-order valence-electron chi connectivity index (χ4n) is 4.14. The molecule has 0 unspecified atom stereocenters. The number of rotatable bonds is 11. The lowest BCUT2D eigenvalue weighted by Crippen LogP contribution is -2.24. The smallest absolute Gasteiger partial charge is 0.338 e. The van der Waals surface area contributed by atoms with Crippen LogP contribution in [0, 0.1) is 0 Å². The number of hydrogen-bond acceptors (Lipinski definition) is 11. The number of nitrogens with one attached hydrogen (secondary N) is 2. The molecule has 0 aliphatic carbocycles. The number of pyridine rings is 1. The maximum atomic E-state index is 13.2. The van der Waals surface area contributed by atoms with Gasteiger partial charge in [-0.05, 0) is 37.6 Å². The van der Waals surface area contributed by atoms with Gasteiger partial charge < -0.3 is 24.3 Å². The second-order valence-corrected chi connectivity index (χ2v) is 10.8. The van der Waals surface area contributed by atoms with Crippen molar-refractivity contribution in [1.29, 1.82) is 0 Å². The summed E-state index contributed by atoms with van der Waals surface area (Å²) in [7, 11) is 0.285. The van der Waals surface area contributed by atoms with Crippen LogP contribution in [0.4, 0.5) is 11.4 Å². The van der Waals surface area contributed by atoms with E-state index in [2.05, 4.69) is 25.0 Å². The van der Waals surface area contributed by atoms with Gasteiger partial charge in [0.25, 0.3) is 0 Å². The lowest BCUT2D eigenvalue weighted by atomic mass is 10.0. The van der Waals surface area contributed by atoms with Crippen molar-refractivity contribution in [2.45, 2.75) is 31.8 Å². The first-order valence-electron chi connectivity index (χ1n) is 12.6. The molecule has 2 heterocycles. The monoisotopic (exact) mass is 581 g/mol. The molecule has 0 spiro atoms. The molecule has 0 atom stereocenters. The number of ether oxygens (including phenoxy) is 4. The van der Waals surface area contributed by atoms with E-state index in [9.17, 15) is 13.2 Å². The highest BCUT2D eigenvalue weighted by molar-refractivity contribution is 7.89. The lowest BCUT2D eigenvalue weighted by Gasteiger charge is -2.18. The highest BCUT2D eigenvalue weighted by Gasteiger charge is 2.23. The fraction of sp³-hybridized carbons (Fsp3) is 0.286. The molecule has 0 aliphatic rings. The van der Waals surface area contributed by atoms with Crippen LogP contribution in [-0.4, -0.2) is 63.3 Å². The van der Waals surface area contributed by atoms with E-state index in [0.29, 0.717) is 39.3 Å². The molecule has 0 radical (unpaired) electrons. The van der Waals surface area contributed by atoms with Crippen molar-refractivity contribution in [3.05, 3.63) is 54.4 Å². The summed E-state index contributed by atoms with van der Waals surface area (Å²) in [6.45, 7) is 5.58. The van der Waals surface area contributed by atoms with Crippen LogP contribution in [0.15, 0.2) is 53.7 Å². The van der Waals surface area contributed by atoms with E-state index in [4.69, 9.17) is 18.9 Å². The van der Waals surface area contributed by atoms with Crippen molar-refractivity contribution in [1.82, 2.24) is 19.7 Å². The summed E-state index contributed by atoms with van der Waals surface area (Å²) in [4.78, 5) is 25.2. The maximum absolute atomic E-state index is 13.2. The summed E-state index contributed by atoms with van der Waals surface area (Å²) in [5.74, 6) is 0.148. The first-order chi connectivity index (χ1) is 19.6. The quantitative estimate of drug-likeness (QED) is 0.244. The number of hydrogen-bond donors (Lipinski definition) is 2. The maximum Gasteiger partial charge on any atom is 0.338 e. The fourth-order valence-corrected chi connectivity index (χ4v) is 5.29. The van der Waals surface area contributed by atoms with Crippen molar-refractivity contribution in [3.8, 4) is 28.8 Å². The molecule has 4 aromatic rings. The van der Waals surface area contributed by atoms with Crippen LogP contribution in [0.25, 0.3) is 22.0 Å². The Hall–Kier alpha value is -4.49. The Kier molecular flexibility index (Phi) is 8.89. The second-order valence-electron chi connectivity index (χ2n) is 9.04. The summed E-state index contributed by atoms with van der Waals surface area (Å²) in [5.41, 5.74) is 2.68. The Balaban J connectivity index is 1.91. The van der Waals surface area contributed by atoms with Gasteiger partial charge in [0, 0.05) is 36.1 Å². The third-order valence-corrected chi connectivity index (χ3v) is 7.40. The van der Waals surface area contributed by atoms with Gasteiger partial charge in [-0.25, -0.2) is 22.9 Å². The van der Waals surface area contributed by atoms with E-state index in [1.807, 2.05) is 13.8 Å². The minimum atomic E-state index is -3.95. The lowest BCUT2D eigenvalue weighted by molar-refractivity contribution is 0.0600. The molecule has 0 saturated heterocycles. The minimum absolute atomic E-state index is 0.0697. The van der Waals surface area contributed by atoms with Gasteiger partial charge in [0.2, 0.25) is 15.9 Å². The SMILES string of the molecule is CCNS(=O)(=O)c1cnc2cc(-c3cnc(OC)nc3OC)ccc2c1Nc1cc(OC(C)C)cc(C(=O)OC)c1. The molecule has 13 heteroatoms. The zero-order chi connectivity index (χ0) is 29.7. The van der Waals surface area contributed by atoms with E-state index in [1.54, 1.807) is 49.5 Å². The summed E-state index contributed by atoms with van der Waals surface area (Å²) in [6.07, 6.45) is 2.69. The zero-order valence-electron chi connectivity index (χ0n) is 23.5. The Morgan fingerprint density at radius 1 is 1.00 bits per heavy atom. The van der Waals surface area contributed by atoms with E-state index in [0.717, 1.165) is 0 Å². The van der Waals surface area contributed by atoms with E-state index < -0.39 is 16.0 Å². The van der Waals surface area contributed by atoms with Crippen molar-refractivity contribution in [2.24, 2.45) is 0 Å². The van der Waals surface area contributed by atoms with Gasteiger partial charge in [0.1, 0.15) is 10.6 Å². The normalized spacial score (nSPS) is 11.4. The number of carbonyl (C=O) groups is 1. The van der Waals surface area contributed by atoms with Crippen molar-refractivity contribution in [3.63, 3.8) is 0 Å². The van der Waals surface area contributed by atoms with Crippen LogP contribution in [0.3, 0.4) is 0 Å². The topological polar surface area (TPSA) is 151 Å². The van der Waals surface area contributed by atoms with Gasteiger partial charge >= 0.3 is 12.0 Å². The summed E-state index contributed by atoms with van der Waals surface area (Å²) in [6, 6.07) is 10.3. The number of aromatic nitrogens is 3. The number of anilines is 2. The first-order valence-corrected chi connectivity index (χ1v) is 14.1. The van der Waals surface area contributed by atoms with Gasteiger partial charge in [-0.1, -0.05) is 19.1 Å². The van der Waals surface area contributed by atoms with Gasteiger partial charge in [-0.15, -0.1) is 0 Å². The minimum Gasteiger partial charge on any atom is -0.491 e. The highest BCUT2D eigenvalue weighted by atomic mass is 32.2. The molecular formula is C28H31N5O7S. The molecule has 12 nitrogen and oxygen atoms in total. The summed E-state index contributed by atoms with van der Waals surface area (Å²) < 4.78 is 50.2. The molecule has 0 fully saturated rings. The van der Waals surface area contributed by atoms with E-state index in [1.165, 1.54) is 27.5 Å². The molecular weight excluding hydrogens is 550 g/mol. The third-order valence-electron chi connectivity index (χ3n) is 5.85. The molecule has 0 saturated carbocycles. The van der Waals surface area contributed by atoms with Crippen LogP contribution in [0.2, 0.25) is 0 Å². The molecule has 2 N–H and O–H groups in total. The van der Waals surface area contributed by atoms with Crippen LogP contribution < -0.4 is 24.2 Å². The molecule has 41 heavy (non-hydrogen) atoms. The number of carbonyl (C=O) groups excluding carboxylic acids is 1. The largest absolute Gasteiger partial charge is 0.491 e. The average Bonchev–Trinajstić information content (AvgIpc) is 2.95.